The first-order valence-corrected chi connectivity index (χ1v) is 8.77. The third kappa shape index (κ3) is 3.26. The zero-order chi connectivity index (χ0) is 14.9. The molecule has 21 heavy (non-hydrogen) atoms. The highest BCUT2D eigenvalue weighted by molar-refractivity contribution is 5.78. The minimum Gasteiger partial charge on any atom is -0.394 e. The monoisotopic (exact) mass is 294 g/mol. The van der Waals surface area contributed by atoms with Crippen molar-refractivity contribution >= 4 is 5.91 Å². The van der Waals surface area contributed by atoms with Crippen LogP contribution in [0.3, 0.4) is 0 Å². The first-order valence-electron chi connectivity index (χ1n) is 8.77. The van der Waals surface area contributed by atoms with Gasteiger partial charge in [0.2, 0.25) is 5.91 Å². The molecule has 120 valence electrons. The molecule has 4 unspecified atom stereocenters. The Kier molecular flexibility index (Phi) is 4.55. The van der Waals surface area contributed by atoms with Crippen molar-refractivity contribution in [1.29, 1.82) is 0 Å². The molecule has 3 N–H and O–H groups in total. The maximum atomic E-state index is 12.2. The summed E-state index contributed by atoms with van der Waals surface area (Å²) in [4.78, 5) is 12.2. The fourth-order valence-corrected chi connectivity index (χ4v) is 5.03. The molecule has 4 atom stereocenters. The fourth-order valence-electron chi connectivity index (χ4n) is 5.03. The summed E-state index contributed by atoms with van der Waals surface area (Å²) in [6.45, 7) is 2.65. The molecule has 2 bridgehead atoms. The molecule has 0 aromatic carbocycles. The number of amides is 1. The Morgan fingerprint density at radius 3 is 2.62 bits per heavy atom. The van der Waals surface area contributed by atoms with Crippen LogP contribution in [0, 0.1) is 17.8 Å². The van der Waals surface area contributed by atoms with Gasteiger partial charge in [-0.25, -0.2) is 0 Å². The van der Waals surface area contributed by atoms with E-state index in [-0.39, 0.29) is 18.1 Å². The van der Waals surface area contributed by atoms with Crippen molar-refractivity contribution in [1.82, 2.24) is 10.6 Å². The van der Waals surface area contributed by atoms with E-state index in [9.17, 15) is 9.90 Å². The Labute approximate surface area is 128 Å². The van der Waals surface area contributed by atoms with Crippen LogP contribution in [-0.2, 0) is 4.79 Å². The standard InChI is InChI=1S/C17H30N2O2/c1-12(15-9-13-4-5-14(15)8-13)19-16(21)10-18-17(11-20)6-2-3-7-17/h12-15,18,20H,2-11H2,1H3,(H,19,21). The number of hydrogen-bond donors (Lipinski definition) is 3. The van der Waals surface area contributed by atoms with Crippen LogP contribution >= 0.6 is 0 Å². The Morgan fingerprint density at radius 1 is 1.29 bits per heavy atom. The van der Waals surface area contributed by atoms with Gasteiger partial charge >= 0.3 is 0 Å². The molecule has 0 heterocycles. The highest BCUT2D eigenvalue weighted by Crippen LogP contribution is 2.49. The largest absolute Gasteiger partial charge is 0.394 e. The van der Waals surface area contributed by atoms with E-state index in [0.717, 1.165) is 37.5 Å². The highest BCUT2D eigenvalue weighted by Gasteiger charge is 2.42. The lowest BCUT2D eigenvalue weighted by Gasteiger charge is -2.30. The van der Waals surface area contributed by atoms with Gasteiger partial charge in [0, 0.05) is 11.6 Å². The summed E-state index contributed by atoms with van der Waals surface area (Å²) in [5, 5.41) is 16.1. The van der Waals surface area contributed by atoms with E-state index < -0.39 is 0 Å². The molecule has 3 aliphatic rings. The van der Waals surface area contributed by atoms with Gasteiger partial charge in [0.25, 0.3) is 0 Å². The van der Waals surface area contributed by atoms with Crippen molar-refractivity contribution in [3.63, 3.8) is 0 Å². The summed E-state index contributed by atoms with van der Waals surface area (Å²) in [6, 6.07) is 0.295. The predicted molar refractivity (Wildman–Crippen MR) is 82.8 cm³/mol. The number of aliphatic hydroxyl groups is 1. The molecule has 3 rings (SSSR count). The van der Waals surface area contributed by atoms with Gasteiger partial charge in [-0.2, -0.15) is 0 Å². The lowest BCUT2D eigenvalue weighted by atomic mass is 9.84. The highest BCUT2D eigenvalue weighted by atomic mass is 16.3. The average molecular weight is 294 g/mol. The molecule has 1 amide bonds. The number of fused-ring (bicyclic) bond motifs is 2. The molecule has 4 nitrogen and oxygen atoms in total. The van der Waals surface area contributed by atoms with E-state index in [4.69, 9.17) is 0 Å². The second-order valence-corrected chi connectivity index (χ2v) is 7.69. The molecule has 3 aliphatic carbocycles. The number of aliphatic hydroxyl groups excluding tert-OH is 1. The number of carbonyl (C=O) groups excluding carboxylic acids is 1. The first-order chi connectivity index (χ1) is 10.1. The van der Waals surface area contributed by atoms with Crippen molar-refractivity contribution < 1.29 is 9.90 Å². The summed E-state index contributed by atoms with van der Waals surface area (Å²) in [5.74, 6) is 2.54. The van der Waals surface area contributed by atoms with Crippen molar-refractivity contribution in [3.05, 3.63) is 0 Å². The molecule has 3 saturated carbocycles. The molecule has 4 heteroatoms. The quantitative estimate of drug-likeness (QED) is 0.700. The van der Waals surface area contributed by atoms with Crippen molar-refractivity contribution in [2.45, 2.75) is 69.9 Å². The van der Waals surface area contributed by atoms with Crippen LogP contribution in [0.25, 0.3) is 0 Å². The van der Waals surface area contributed by atoms with E-state index in [1.165, 1.54) is 25.7 Å². The summed E-state index contributed by atoms with van der Waals surface area (Å²) in [5.41, 5.74) is -0.201. The summed E-state index contributed by atoms with van der Waals surface area (Å²) in [6.07, 6.45) is 9.73. The minimum absolute atomic E-state index is 0.0880. The second kappa shape index (κ2) is 6.25. The molecule has 0 radical (unpaired) electrons. The zero-order valence-electron chi connectivity index (χ0n) is 13.2. The molecule has 0 aromatic heterocycles. The van der Waals surface area contributed by atoms with Gasteiger partial charge in [0.15, 0.2) is 0 Å². The third-order valence-corrected chi connectivity index (χ3v) is 6.31. The molecular formula is C17H30N2O2. The smallest absolute Gasteiger partial charge is 0.234 e. The van der Waals surface area contributed by atoms with Gasteiger partial charge in [-0.15, -0.1) is 0 Å². The molecule has 0 spiro atoms. The molecule has 0 saturated heterocycles. The summed E-state index contributed by atoms with van der Waals surface area (Å²) in [7, 11) is 0. The molecule has 0 aliphatic heterocycles. The number of hydrogen-bond acceptors (Lipinski definition) is 3. The van der Waals surface area contributed by atoms with Crippen LogP contribution in [0.5, 0.6) is 0 Å². The van der Waals surface area contributed by atoms with Crippen molar-refractivity contribution in [2.24, 2.45) is 17.8 Å². The van der Waals surface area contributed by atoms with Crippen molar-refractivity contribution in [3.8, 4) is 0 Å². The van der Waals surface area contributed by atoms with E-state index in [1.54, 1.807) is 0 Å². The van der Waals surface area contributed by atoms with Crippen LogP contribution < -0.4 is 10.6 Å². The number of nitrogens with one attached hydrogen (secondary N) is 2. The Hall–Kier alpha value is -0.610. The Balaban J connectivity index is 1.43. The molecule has 3 fully saturated rings. The van der Waals surface area contributed by atoms with E-state index in [0.29, 0.717) is 18.5 Å². The predicted octanol–water partition coefficient (Wildman–Crippen LogP) is 1.82. The van der Waals surface area contributed by atoms with Gasteiger partial charge in [-0.1, -0.05) is 19.3 Å². The zero-order valence-corrected chi connectivity index (χ0v) is 13.2. The Morgan fingerprint density at radius 2 is 2.05 bits per heavy atom. The lowest BCUT2D eigenvalue weighted by Crippen LogP contribution is -2.51. The Bertz CT molecular complexity index is 379. The van der Waals surface area contributed by atoms with Crippen LogP contribution in [0.4, 0.5) is 0 Å². The van der Waals surface area contributed by atoms with E-state index in [1.807, 2.05) is 0 Å². The lowest BCUT2D eigenvalue weighted by molar-refractivity contribution is -0.121. The van der Waals surface area contributed by atoms with Crippen LogP contribution in [0.15, 0.2) is 0 Å². The topological polar surface area (TPSA) is 61.4 Å². The van der Waals surface area contributed by atoms with Crippen LogP contribution in [0.2, 0.25) is 0 Å². The second-order valence-electron chi connectivity index (χ2n) is 7.69. The number of carbonyl (C=O) groups is 1. The first kappa shape index (κ1) is 15.3. The minimum atomic E-state index is -0.201. The fraction of sp³-hybridized carbons (Fsp3) is 0.941. The van der Waals surface area contributed by atoms with Gasteiger partial charge in [-0.3, -0.25) is 4.79 Å². The normalized spacial score (nSPS) is 35.0. The van der Waals surface area contributed by atoms with Gasteiger partial charge in [0.1, 0.15) is 0 Å². The third-order valence-electron chi connectivity index (χ3n) is 6.31. The van der Waals surface area contributed by atoms with Gasteiger partial charge < -0.3 is 15.7 Å². The maximum absolute atomic E-state index is 12.2. The summed E-state index contributed by atoms with van der Waals surface area (Å²) < 4.78 is 0. The SMILES string of the molecule is CC(NC(=O)CNC1(CO)CCCC1)C1CC2CCC1C2. The maximum Gasteiger partial charge on any atom is 0.234 e. The van der Waals surface area contributed by atoms with E-state index >= 15 is 0 Å². The van der Waals surface area contributed by atoms with Gasteiger partial charge in [-0.05, 0) is 56.8 Å². The van der Waals surface area contributed by atoms with Crippen molar-refractivity contribution in [2.75, 3.05) is 13.2 Å². The van der Waals surface area contributed by atoms with Crippen LogP contribution in [0.1, 0.15) is 58.3 Å². The summed E-state index contributed by atoms with van der Waals surface area (Å²) >= 11 is 0. The average Bonchev–Trinajstić information content (AvgIpc) is 3.21. The molecule has 0 aromatic rings. The molecular weight excluding hydrogens is 264 g/mol. The van der Waals surface area contributed by atoms with Crippen LogP contribution in [-0.4, -0.2) is 35.7 Å². The number of rotatable bonds is 6. The van der Waals surface area contributed by atoms with Gasteiger partial charge in [0.05, 0.1) is 13.2 Å². The van der Waals surface area contributed by atoms with E-state index in [2.05, 4.69) is 17.6 Å².